The first kappa shape index (κ1) is 15.4. The molecule has 112 valence electrons. The molecular weight excluding hydrogens is 255 g/mol. The number of nitrogens with zero attached hydrogens (tertiary/aromatic N) is 1. The Balaban J connectivity index is 2.02. The van der Waals surface area contributed by atoms with Gasteiger partial charge in [0.2, 0.25) is 0 Å². The molecule has 0 aliphatic carbocycles. The lowest BCUT2D eigenvalue weighted by molar-refractivity contribution is 0.0600. The molecule has 4 heteroatoms. The van der Waals surface area contributed by atoms with Crippen LogP contribution in [0.5, 0.6) is 0 Å². The monoisotopic (exact) mass is 280 g/mol. The van der Waals surface area contributed by atoms with Crippen molar-refractivity contribution in [2.24, 2.45) is 5.92 Å². The molecule has 1 saturated heterocycles. The van der Waals surface area contributed by atoms with Gasteiger partial charge in [0, 0.05) is 24.7 Å². The topological polar surface area (TPSA) is 35.5 Å². The summed E-state index contributed by atoms with van der Waals surface area (Å²) in [6.45, 7) is 4.76. The van der Waals surface area contributed by atoms with Crippen LogP contribution in [0.2, 0.25) is 0 Å². The van der Waals surface area contributed by atoms with Gasteiger partial charge in [0.1, 0.15) is 5.82 Å². The van der Waals surface area contributed by atoms with Gasteiger partial charge < -0.3 is 15.3 Å². The highest BCUT2D eigenvalue weighted by molar-refractivity contribution is 5.21. The van der Waals surface area contributed by atoms with Crippen molar-refractivity contribution < 1.29 is 9.50 Å². The lowest BCUT2D eigenvalue weighted by Crippen LogP contribution is -2.42. The van der Waals surface area contributed by atoms with Crippen LogP contribution in [0.4, 0.5) is 4.39 Å². The standard InChI is InChI=1S/C16H25FN2O/c1-12(10-19-9-5-6-13(20)11-19)16(18-2)14-7-3-4-8-15(14)17/h3-4,7-8,12-13,16,18,20H,5-6,9-11H2,1-2H3. The third-order valence-electron chi connectivity index (χ3n) is 4.15. The molecule has 1 heterocycles. The number of hydrogen-bond acceptors (Lipinski definition) is 3. The molecule has 1 aliphatic rings. The summed E-state index contributed by atoms with van der Waals surface area (Å²) in [6, 6.07) is 6.95. The Morgan fingerprint density at radius 2 is 2.20 bits per heavy atom. The van der Waals surface area contributed by atoms with Gasteiger partial charge in [0.15, 0.2) is 0 Å². The van der Waals surface area contributed by atoms with E-state index in [2.05, 4.69) is 17.1 Å². The normalized spacial score (nSPS) is 23.5. The van der Waals surface area contributed by atoms with E-state index >= 15 is 0 Å². The molecule has 0 amide bonds. The maximum absolute atomic E-state index is 13.9. The fourth-order valence-corrected chi connectivity index (χ4v) is 3.18. The van der Waals surface area contributed by atoms with E-state index in [1.54, 1.807) is 6.07 Å². The van der Waals surface area contributed by atoms with Gasteiger partial charge in [0.05, 0.1) is 6.10 Å². The van der Waals surface area contributed by atoms with Crippen LogP contribution in [0.25, 0.3) is 0 Å². The van der Waals surface area contributed by atoms with E-state index in [4.69, 9.17) is 0 Å². The predicted molar refractivity (Wildman–Crippen MR) is 79.0 cm³/mol. The number of nitrogens with one attached hydrogen (secondary N) is 1. The van der Waals surface area contributed by atoms with Crippen LogP contribution >= 0.6 is 0 Å². The van der Waals surface area contributed by atoms with E-state index in [1.165, 1.54) is 6.07 Å². The summed E-state index contributed by atoms with van der Waals surface area (Å²) in [5, 5.41) is 13.0. The number of hydrogen-bond donors (Lipinski definition) is 2. The lowest BCUT2D eigenvalue weighted by atomic mass is 9.93. The number of halogens is 1. The number of benzene rings is 1. The number of aliphatic hydroxyl groups excluding tert-OH is 1. The SMILES string of the molecule is CNC(c1ccccc1F)C(C)CN1CCCC(O)C1. The number of rotatable bonds is 5. The van der Waals surface area contributed by atoms with Gasteiger partial charge in [-0.3, -0.25) is 0 Å². The summed E-state index contributed by atoms with van der Waals surface area (Å²) in [5.74, 6) is 0.125. The molecule has 0 bridgehead atoms. The fourth-order valence-electron chi connectivity index (χ4n) is 3.18. The lowest BCUT2D eigenvalue weighted by Gasteiger charge is -2.34. The second-order valence-corrected chi connectivity index (χ2v) is 5.82. The molecule has 20 heavy (non-hydrogen) atoms. The van der Waals surface area contributed by atoms with E-state index in [9.17, 15) is 9.50 Å². The van der Waals surface area contributed by atoms with Crippen molar-refractivity contribution in [1.29, 1.82) is 0 Å². The zero-order chi connectivity index (χ0) is 14.5. The molecular formula is C16H25FN2O. The second kappa shape index (κ2) is 7.16. The van der Waals surface area contributed by atoms with Gasteiger partial charge in [-0.05, 0) is 38.4 Å². The highest BCUT2D eigenvalue weighted by atomic mass is 19.1. The van der Waals surface area contributed by atoms with E-state index in [1.807, 2.05) is 19.2 Å². The molecule has 2 N–H and O–H groups in total. The molecule has 2 rings (SSSR count). The molecule has 1 aliphatic heterocycles. The molecule has 0 aromatic heterocycles. The molecule has 1 aromatic rings. The average Bonchev–Trinajstić information content (AvgIpc) is 2.41. The van der Waals surface area contributed by atoms with Crippen LogP contribution in [-0.2, 0) is 0 Å². The highest BCUT2D eigenvalue weighted by Gasteiger charge is 2.25. The molecule has 1 aromatic carbocycles. The van der Waals surface area contributed by atoms with Crippen LogP contribution in [-0.4, -0.2) is 42.8 Å². The first-order chi connectivity index (χ1) is 9.61. The second-order valence-electron chi connectivity index (χ2n) is 5.82. The molecule has 3 nitrogen and oxygen atoms in total. The molecule has 1 fully saturated rings. The van der Waals surface area contributed by atoms with Crippen molar-refractivity contribution in [3.8, 4) is 0 Å². The number of likely N-dealkylation sites (tertiary alicyclic amines) is 1. The summed E-state index contributed by atoms with van der Waals surface area (Å²) in [6.07, 6.45) is 1.73. The third-order valence-corrected chi connectivity index (χ3v) is 4.15. The third kappa shape index (κ3) is 3.78. The summed E-state index contributed by atoms with van der Waals surface area (Å²) in [7, 11) is 1.87. The van der Waals surface area contributed by atoms with Crippen molar-refractivity contribution in [1.82, 2.24) is 10.2 Å². The van der Waals surface area contributed by atoms with Gasteiger partial charge in [0.25, 0.3) is 0 Å². The minimum absolute atomic E-state index is 0.00438. The largest absolute Gasteiger partial charge is 0.392 e. The van der Waals surface area contributed by atoms with Gasteiger partial charge in [-0.25, -0.2) is 4.39 Å². The van der Waals surface area contributed by atoms with Crippen molar-refractivity contribution >= 4 is 0 Å². The van der Waals surface area contributed by atoms with Crippen LogP contribution in [0.15, 0.2) is 24.3 Å². The van der Waals surface area contributed by atoms with Crippen LogP contribution in [0, 0.1) is 11.7 Å². The number of piperidine rings is 1. The van der Waals surface area contributed by atoms with Crippen LogP contribution < -0.4 is 5.32 Å². The number of β-amino-alcohol motifs (C(OH)–C–C–N with tert-alkyl or cyclic N) is 1. The summed E-state index contributed by atoms with van der Waals surface area (Å²) in [4.78, 5) is 2.28. The molecule has 3 atom stereocenters. The zero-order valence-electron chi connectivity index (χ0n) is 12.3. The maximum Gasteiger partial charge on any atom is 0.127 e. The molecule has 0 saturated carbocycles. The summed E-state index contributed by atoms with van der Waals surface area (Å²) < 4.78 is 13.9. The minimum atomic E-state index is -0.211. The van der Waals surface area contributed by atoms with E-state index in [-0.39, 0.29) is 23.9 Å². The molecule has 0 radical (unpaired) electrons. The van der Waals surface area contributed by atoms with E-state index in [0.717, 1.165) is 38.0 Å². The Kier molecular flexibility index (Phi) is 5.52. The van der Waals surface area contributed by atoms with Crippen LogP contribution in [0.3, 0.4) is 0 Å². The van der Waals surface area contributed by atoms with Gasteiger partial charge in [-0.1, -0.05) is 25.1 Å². The van der Waals surface area contributed by atoms with Crippen molar-refractivity contribution in [2.75, 3.05) is 26.7 Å². The van der Waals surface area contributed by atoms with Crippen LogP contribution in [0.1, 0.15) is 31.4 Å². The first-order valence-corrected chi connectivity index (χ1v) is 7.44. The number of aliphatic hydroxyl groups is 1. The van der Waals surface area contributed by atoms with Crippen molar-refractivity contribution in [3.05, 3.63) is 35.6 Å². The zero-order valence-corrected chi connectivity index (χ0v) is 12.3. The maximum atomic E-state index is 13.9. The fraction of sp³-hybridized carbons (Fsp3) is 0.625. The Labute approximate surface area is 120 Å². The highest BCUT2D eigenvalue weighted by Crippen LogP contribution is 2.25. The Hall–Kier alpha value is -0.970. The quantitative estimate of drug-likeness (QED) is 0.868. The molecule has 0 spiro atoms. The predicted octanol–water partition coefficient (Wildman–Crippen LogP) is 2.18. The average molecular weight is 280 g/mol. The van der Waals surface area contributed by atoms with E-state index < -0.39 is 0 Å². The molecule has 3 unspecified atom stereocenters. The van der Waals surface area contributed by atoms with Gasteiger partial charge in [-0.15, -0.1) is 0 Å². The first-order valence-electron chi connectivity index (χ1n) is 7.44. The smallest absolute Gasteiger partial charge is 0.127 e. The van der Waals surface area contributed by atoms with Crippen molar-refractivity contribution in [3.63, 3.8) is 0 Å². The van der Waals surface area contributed by atoms with Gasteiger partial charge >= 0.3 is 0 Å². The Morgan fingerprint density at radius 3 is 2.85 bits per heavy atom. The Bertz CT molecular complexity index is 427. The Morgan fingerprint density at radius 1 is 1.45 bits per heavy atom. The van der Waals surface area contributed by atoms with E-state index in [0.29, 0.717) is 0 Å². The van der Waals surface area contributed by atoms with Crippen molar-refractivity contribution in [2.45, 2.75) is 31.9 Å². The minimum Gasteiger partial charge on any atom is -0.392 e. The summed E-state index contributed by atoms with van der Waals surface area (Å²) in [5.41, 5.74) is 0.722. The van der Waals surface area contributed by atoms with Gasteiger partial charge in [-0.2, -0.15) is 0 Å². The summed E-state index contributed by atoms with van der Waals surface area (Å²) >= 11 is 0.